The van der Waals surface area contributed by atoms with Gasteiger partial charge in [0.15, 0.2) is 0 Å². The SMILES string of the molecule is O=C(CNC(=O)c1cccc(C(F)(F)F)c1)N[C@@H]1CCCC[C@@H]1NC(=O)c1ccc2n[nH]nc2c1. The Morgan fingerprint density at radius 2 is 1.57 bits per heavy atom. The molecule has 1 aromatic heterocycles. The molecular weight excluding hydrogens is 465 g/mol. The Morgan fingerprint density at radius 3 is 2.31 bits per heavy atom. The van der Waals surface area contributed by atoms with Gasteiger partial charge in [-0.1, -0.05) is 18.9 Å². The summed E-state index contributed by atoms with van der Waals surface area (Å²) < 4.78 is 38.6. The van der Waals surface area contributed by atoms with Gasteiger partial charge in [-0.25, -0.2) is 0 Å². The molecule has 2 aromatic carbocycles. The zero-order valence-corrected chi connectivity index (χ0v) is 18.5. The Kier molecular flexibility index (Phi) is 6.99. The van der Waals surface area contributed by atoms with Gasteiger partial charge >= 0.3 is 6.18 Å². The molecule has 0 bridgehead atoms. The van der Waals surface area contributed by atoms with Gasteiger partial charge in [-0.3, -0.25) is 14.4 Å². The number of carbonyl (C=O) groups excluding carboxylic acids is 3. The second-order valence-electron chi connectivity index (χ2n) is 8.33. The molecular formula is C23H23F3N6O3. The van der Waals surface area contributed by atoms with Crippen molar-refractivity contribution in [1.82, 2.24) is 31.4 Å². The second-order valence-corrected chi connectivity index (χ2v) is 8.33. The number of benzene rings is 2. The number of fused-ring (bicyclic) bond motifs is 1. The maximum absolute atomic E-state index is 12.9. The van der Waals surface area contributed by atoms with Crippen LogP contribution in [-0.2, 0) is 11.0 Å². The van der Waals surface area contributed by atoms with Crippen LogP contribution in [0.25, 0.3) is 11.0 Å². The number of aromatic amines is 1. The van der Waals surface area contributed by atoms with Crippen LogP contribution < -0.4 is 16.0 Å². The van der Waals surface area contributed by atoms with E-state index in [9.17, 15) is 27.6 Å². The highest BCUT2D eigenvalue weighted by Crippen LogP contribution is 2.29. The maximum atomic E-state index is 12.9. The lowest BCUT2D eigenvalue weighted by molar-refractivity contribution is -0.137. The van der Waals surface area contributed by atoms with E-state index >= 15 is 0 Å². The van der Waals surface area contributed by atoms with Crippen molar-refractivity contribution in [2.75, 3.05) is 6.54 Å². The van der Waals surface area contributed by atoms with Crippen molar-refractivity contribution in [3.05, 3.63) is 59.2 Å². The number of nitrogens with zero attached hydrogens (tertiary/aromatic N) is 2. The van der Waals surface area contributed by atoms with E-state index in [1.165, 1.54) is 6.07 Å². The number of hydrogen-bond acceptors (Lipinski definition) is 5. The molecule has 4 N–H and O–H groups in total. The number of alkyl halides is 3. The van der Waals surface area contributed by atoms with Gasteiger partial charge in [-0.15, -0.1) is 0 Å². The zero-order chi connectivity index (χ0) is 25.0. The lowest BCUT2D eigenvalue weighted by atomic mass is 9.90. The molecule has 1 aliphatic carbocycles. The van der Waals surface area contributed by atoms with Gasteiger partial charge in [-0.05, 0) is 49.2 Å². The van der Waals surface area contributed by atoms with E-state index in [0.717, 1.165) is 31.0 Å². The number of hydrogen-bond donors (Lipinski definition) is 4. The van der Waals surface area contributed by atoms with Crippen LogP contribution in [0, 0.1) is 0 Å². The first kappa shape index (κ1) is 24.2. The van der Waals surface area contributed by atoms with Crippen molar-refractivity contribution in [2.24, 2.45) is 0 Å². The fraction of sp³-hybridized carbons (Fsp3) is 0.348. The van der Waals surface area contributed by atoms with Crippen molar-refractivity contribution < 1.29 is 27.6 Å². The standard InChI is InChI=1S/C23H23F3N6O3/c24-23(25,26)15-5-3-4-13(10-15)21(34)27-12-20(33)28-16-6-1-2-7-17(16)29-22(35)14-8-9-18-19(11-14)31-32-30-18/h3-5,8-11,16-17H,1-2,6-7,12H2,(H,27,34)(H,28,33)(H,29,35)(H,30,31,32)/t16-,17+/m1/s1. The highest BCUT2D eigenvalue weighted by atomic mass is 19.4. The molecule has 3 amide bonds. The molecule has 12 heteroatoms. The predicted molar refractivity (Wildman–Crippen MR) is 119 cm³/mol. The van der Waals surface area contributed by atoms with Crippen molar-refractivity contribution >= 4 is 28.8 Å². The fourth-order valence-electron chi connectivity index (χ4n) is 4.07. The molecule has 0 saturated heterocycles. The van der Waals surface area contributed by atoms with Crippen LogP contribution in [0.1, 0.15) is 52.0 Å². The van der Waals surface area contributed by atoms with E-state index in [0.29, 0.717) is 29.4 Å². The molecule has 35 heavy (non-hydrogen) atoms. The molecule has 1 fully saturated rings. The number of amides is 3. The van der Waals surface area contributed by atoms with Gasteiger partial charge < -0.3 is 16.0 Å². The van der Waals surface area contributed by atoms with Crippen molar-refractivity contribution in [1.29, 1.82) is 0 Å². The summed E-state index contributed by atoms with van der Waals surface area (Å²) in [7, 11) is 0. The largest absolute Gasteiger partial charge is 0.416 e. The molecule has 9 nitrogen and oxygen atoms in total. The maximum Gasteiger partial charge on any atom is 0.416 e. The highest BCUT2D eigenvalue weighted by molar-refractivity contribution is 5.98. The molecule has 3 aromatic rings. The van der Waals surface area contributed by atoms with Crippen LogP contribution in [0.2, 0.25) is 0 Å². The Bertz CT molecular complexity index is 1240. The minimum Gasteiger partial charge on any atom is -0.350 e. The van der Waals surface area contributed by atoms with Gasteiger partial charge in [0.25, 0.3) is 11.8 Å². The third-order valence-corrected chi connectivity index (χ3v) is 5.87. The molecule has 2 atom stereocenters. The molecule has 0 radical (unpaired) electrons. The lowest BCUT2D eigenvalue weighted by Gasteiger charge is -2.32. The molecule has 1 saturated carbocycles. The summed E-state index contributed by atoms with van der Waals surface area (Å²) in [6.45, 7) is -0.408. The third-order valence-electron chi connectivity index (χ3n) is 5.87. The van der Waals surface area contributed by atoms with Crippen LogP contribution in [0.5, 0.6) is 0 Å². The minimum absolute atomic E-state index is 0.195. The van der Waals surface area contributed by atoms with Crippen LogP contribution in [0.3, 0.4) is 0 Å². The molecule has 1 aliphatic rings. The van der Waals surface area contributed by atoms with Crippen molar-refractivity contribution in [3.63, 3.8) is 0 Å². The second kappa shape index (κ2) is 10.1. The Labute approximate surface area is 197 Å². The van der Waals surface area contributed by atoms with Gasteiger partial charge in [0.2, 0.25) is 5.91 Å². The van der Waals surface area contributed by atoms with Crippen LogP contribution >= 0.6 is 0 Å². The molecule has 1 heterocycles. The van der Waals surface area contributed by atoms with E-state index in [-0.39, 0.29) is 23.6 Å². The quantitative estimate of drug-likeness (QED) is 0.424. The first-order chi connectivity index (χ1) is 16.7. The highest BCUT2D eigenvalue weighted by Gasteiger charge is 2.31. The number of nitrogens with one attached hydrogen (secondary N) is 4. The van der Waals surface area contributed by atoms with E-state index in [2.05, 4.69) is 31.4 Å². The summed E-state index contributed by atoms with van der Waals surface area (Å²) in [5, 5.41) is 18.5. The molecule has 0 spiro atoms. The number of carbonyl (C=O) groups is 3. The van der Waals surface area contributed by atoms with Gasteiger partial charge in [0.1, 0.15) is 11.0 Å². The smallest absolute Gasteiger partial charge is 0.350 e. The number of H-pyrrole nitrogens is 1. The summed E-state index contributed by atoms with van der Waals surface area (Å²) in [6.07, 6.45) is -1.53. The Balaban J connectivity index is 1.32. The summed E-state index contributed by atoms with van der Waals surface area (Å²) >= 11 is 0. The van der Waals surface area contributed by atoms with Crippen molar-refractivity contribution in [2.45, 2.75) is 43.9 Å². The van der Waals surface area contributed by atoms with Gasteiger partial charge in [0.05, 0.1) is 12.1 Å². The Hall–Kier alpha value is -3.96. The molecule has 0 aliphatic heterocycles. The van der Waals surface area contributed by atoms with Gasteiger partial charge in [-0.2, -0.15) is 28.6 Å². The Morgan fingerprint density at radius 1 is 0.886 bits per heavy atom. The summed E-state index contributed by atoms with van der Waals surface area (Å²) in [5.74, 6) is -1.60. The normalized spacial score (nSPS) is 18.1. The molecule has 4 rings (SSSR count). The predicted octanol–water partition coefficient (Wildman–Crippen LogP) is 2.56. The van der Waals surface area contributed by atoms with E-state index in [4.69, 9.17) is 0 Å². The average molecular weight is 488 g/mol. The first-order valence-corrected chi connectivity index (χ1v) is 11.1. The summed E-state index contributed by atoms with van der Waals surface area (Å²) in [5.41, 5.74) is 0.465. The number of aromatic nitrogens is 3. The van der Waals surface area contributed by atoms with E-state index in [1.807, 2.05) is 0 Å². The average Bonchev–Trinajstić information content (AvgIpc) is 3.31. The van der Waals surface area contributed by atoms with Crippen molar-refractivity contribution in [3.8, 4) is 0 Å². The van der Waals surface area contributed by atoms with E-state index in [1.54, 1.807) is 18.2 Å². The third kappa shape index (κ3) is 5.94. The lowest BCUT2D eigenvalue weighted by Crippen LogP contribution is -2.54. The minimum atomic E-state index is -4.57. The van der Waals surface area contributed by atoms with Crippen LogP contribution in [0.4, 0.5) is 13.2 Å². The zero-order valence-electron chi connectivity index (χ0n) is 18.5. The van der Waals surface area contributed by atoms with Gasteiger partial charge in [0, 0.05) is 23.2 Å². The molecule has 184 valence electrons. The number of rotatable bonds is 6. The fourth-order valence-corrected chi connectivity index (χ4v) is 4.07. The number of halogens is 3. The van der Waals surface area contributed by atoms with E-state index < -0.39 is 30.1 Å². The molecule has 0 unspecified atom stereocenters. The summed E-state index contributed by atoms with van der Waals surface area (Å²) in [4.78, 5) is 37.4. The topological polar surface area (TPSA) is 129 Å². The monoisotopic (exact) mass is 488 g/mol. The summed E-state index contributed by atoms with van der Waals surface area (Å²) in [6, 6.07) is 8.25. The van der Waals surface area contributed by atoms with Crippen LogP contribution in [0.15, 0.2) is 42.5 Å². The first-order valence-electron chi connectivity index (χ1n) is 11.1. The van der Waals surface area contributed by atoms with Crippen LogP contribution in [-0.4, -0.2) is 51.8 Å².